The first-order valence-electron chi connectivity index (χ1n) is 21.1. The fourth-order valence-electron chi connectivity index (χ4n) is 7.75. The molecule has 2 heterocycles. The number of ether oxygens (including phenoxy) is 2. The van der Waals surface area contributed by atoms with Crippen molar-refractivity contribution in [2.45, 2.75) is 61.5 Å². The highest BCUT2D eigenvalue weighted by Gasteiger charge is 2.20. The number of phenols is 2. The Hall–Kier alpha value is -7.50. The van der Waals surface area contributed by atoms with Gasteiger partial charge in [-0.2, -0.15) is 0 Å². The Kier molecular flexibility index (Phi) is 12.2. The molecule has 0 aliphatic rings. The summed E-state index contributed by atoms with van der Waals surface area (Å²) in [5, 5.41) is 33.4. The molecule has 64 heavy (non-hydrogen) atoms. The summed E-state index contributed by atoms with van der Waals surface area (Å²) >= 11 is 0. The van der Waals surface area contributed by atoms with Crippen molar-refractivity contribution in [3.8, 4) is 91.3 Å². The smallest absolute Gasteiger partial charge is 0.167 e. The summed E-state index contributed by atoms with van der Waals surface area (Å²) in [5.74, 6) is 3.09. The highest BCUT2D eigenvalue weighted by molar-refractivity contribution is 5.74. The molecule has 0 amide bonds. The van der Waals surface area contributed by atoms with Crippen molar-refractivity contribution in [2.75, 3.05) is 13.2 Å². The monoisotopic (exact) mass is 850 g/mol. The van der Waals surface area contributed by atoms with Crippen molar-refractivity contribution >= 4 is 0 Å². The van der Waals surface area contributed by atoms with Crippen LogP contribution in [0.3, 0.4) is 0 Å². The minimum Gasteiger partial charge on any atom is -0.507 e. The van der Waals surface area contributed by atoms with E-state index in [1.165, 1.54) is 12.1 Å². The molecule has 0 bridgehead atoms. The molecular formula is C53H50N6O5. The van der Waals surface area contributed by atoms with Crippen LogP contribution in [0.25, 0.3) is 68.3 Å². The van der Waals surface area contributed by atoms with Gasteiger partial charge in [-0.15, -0.1) is 0 Å². The zero-order valence-corrected chi connectivity index (χ0v) is 37.2. The summed E-state index contributed by atoms with van der Waals surface area (Å²) < 4.78 is 11.8. The first-order chi connectivity index (χ1) is 30.7. The second-order valence-electron chi connectivity index (χ2n) is 16.5. The van der Waals surface area contributed by atoms with Crippen LogP contribution in [-0.4, -0.2) is 64.5 Å². The van der Waals surface area contributed by atoms with Crippen molar-refractivity contribution in [1.82, 2.24) is 29.9 Å². The average molecular weight is 851 g/mol. The van der Waals surface area contributed by atoms with Crippen molar-refractivity contribution in [3.05, 3.63) is 154 Å². The molecule has 0 aliphatic carbocycles. The molecule has 0 fully saturated rings. The van der Waals surface area contributed by atoms with Gasteiger partial charge in [-0.3, -0.25) is 0 Å². The third-order valence-corrected chi connectivity index (χ3v) is 11.1. The first-order valence-corrected chi connectivity index (χ1v) is 21.1. The van der Waals surface area contributed by atoms with Crippen LogP contribution in [0.2, 0.25) is 0 Å². The average Bonchev–Trinajstić information content (AvgIpc) is 3.24. The number of aliphatic hydroxyl groups is 1. The van der Waals surface area contributed by atoms with Crippen LogP contribution in [0.1, 0.15) is 44.5 Å². The largest absolute Gasteiger partial charge is 0.507 e. The molecule has 3 N–H and O–H groups in total. The number of aryl methyl sites for hydroxylation is 8. The molecule has 0 saturated carbocycles. The molecule has 0 radical (unpaired) electrons. The van der Waals surface area contributed by atoms with E-state index in [4.69, 9.17) is 39.4 Å². The van der Waals surface area contributed by atoms with E-state index in [2.05, 4.69) is 24.3 Å². The molecule has 6 aromatic carbocycles. The van der Waals surface area contributed by atoms with Crippen LogP contribution >= 0.6 is 0 Å². The first kappa shape index (κ1) is 43.2. The highest BCUT2D eigenvalue weighted by Crippen LogP contribution is 2.36. The van der Waals surface area contributed by atoms with E-state index in [0.29, 0.717) is 57.6 Å². The summed E-state index contributed by atoms with van der Waals surface area (Å²) in [6, 6.07) is 34.1. The Bertz CT molecular complexity index is 2720. The highest BCUT2D eigenvalue weighted by atomic mass is 16.5. The standard InChI is InChI=1S/C53H50N6O5/c1-29-9-15-40(33(5)21-29)48-54-49(41-16-10-30(2)22-34(41)6)57-52(56-48)44-19-13-38(25-46(44)61)63-27-37(60)28-64-39-14-20-45(47(62)26-39)53-58-50(42-17-11-31(3)23-35(42)7)55-51(59-53)43-18-12-32(4)24-36(43)8/h9-26,37,60-62H,27-28H2,1-8H3. The van der Waals surface area contributed by atoms with Crippen LogP contribution < -0.4 is 9.47 Å². The van der Waals surface area contributed by atoms with Gasteiger partial charge in [0.05, 0.1) is 11.1 Å². The number of aromatic nitrogens is 6. The summed E-state index contributed by atoms with van der Waals surface area (Å²) in [4.78, 5) is 29.1. The lowest BCUT2D eigenvalue weighted by Crippen LogP contribution is -2.25. The van der Waals surface area contributed by atoms with Crippen molar-refractivity contribution in [3.63, 3.8) is 0 Å². The van der Waals surface area contributed by atoms with Gasteiger partial charge in [0.15, 0.2) is 34.9 Å². The number of aliphatic hydroxyl groups excluding tert-OH is 1. The zero-order valence-electron chi connectivity index (χ0n) is 37.2. The third-order valence-electron chi connectivity index (χ3n) is 11.1. The quantitative estimate of drug-likeness (QED) is 0.107. The number of nitrogens with zero attached hydrogens (tertiary/aromatic N) is 6. The van der Waals surface area contributed by atoms with E-state index < -0.39 is 6.10 Å². The Morgan fingerprint density at radius 2 is 0.609 bits per heavy atom. The SMILES string of the molecule is Cc1ccc(-c2nc(-c3ccc(C)cc3C)nc(-c3ccc(OCC(O)COc4ccc(-c5nc(-c6ccc(C)cc6C)nc(-c6ccc(C)cc6C)n5)c(O)c4)cc3O)n2)c(C)c1. The van der Waals surface area contributed by atoms with Crippen LogP contribution in [0.5, 0.6) is 23.0 Å². The number of phenolic OH excluding ortho intramolecular Hbond substituents is 2. The van der Waals surface area contributed by atoms with Crippen LogP contribution in [0.4, 0.5) is 0 Å². The number of benzene rings is 6. The molecule has 0 spiro atoms. The van der Waals surface area contributed by atoms with E-state index in [1.54, 1.807) is 24.3 Å². The van der Waals surface area contributed by atoms with Crippen LogP contribution in [-0.2, 0) is 0 Å². The van der Waals surface area contributed by atoms with Crippen LogP contribution in [0.15, 0.2) is 109 Å². The predicted molar refractivity (Wildman–Crippen MR) is 250 cm³/mol. The van der Waals surface area contributed by atoms with Gasteiger partial charge < -0.3 is 24.8 Å². The molecule has 2 aromatic heterocycles. The van der Waals surface area contributed by atoms with Gasteiger partial charge in [-0.25, -0.2) is 29.9 Å². The van der Waals surface area contributed by atoms with E-state index in [1.807, 2.05) is 104 Å². The summed E-state index contributed by atoms with van der Waals surface area (Å²) in [6.07, 6.45) is -1.04. The van der Waals surface area contributed by atoms with E-state index in [0.717, 1.165) is 66.8 Å². The summed E-state index contributed by atoms with van der Waals surface area (Å²) in [5.41, 5.74) is 12.9. The van der Waals surface area contributed by atoms with Gasteiger partial charge in [-0.1, -0.05) is 95.1 Å². The molecule has 11 heteroatoms. The molecule has 0 unspecified atom stereocenters. The fraction of sp³-hybridized carbons (Fsp3) is 0.208. The third kappa shape index (κ3) is 9.45. The molecule has 11 nitrogen and oxygen atoms in total. The lowest BCUT2D eigenvalue weighted by atomic mass is 10.0. The molecular weight excluding hydrogens is 801 g/mol. The molecule has 0 saturated heterocycles. The van der Waals surface area contributed by atoms with Gasteiger partial charge in [0, 0.05) is 34.4 Å². The zero-order chi connectivity index (χ0) is 45.2. The van der Waals surface area contributed by atoms with Crippen molar-refractivity contribution in [2.24, 2.45) is 0 Å². The normalized spacial score (nSPS) is 11.3. The topological polar surface area (TPSA) is 156 Å². The van der Waals surface area contributed by atoms with Gasteiger partial charge in [0.25, 0.3) is 0 Å². The Balaban J connectivity index is 0.975. The Labute approximate surface area is 373 Å². The molecule has 322 valence electrons. The molecule has 8 aromatic rings. The Morgan fingerprint density at radius 1 is 0.359 bits per heavy atom. The number of rotatable bonds is 12. The van der Waals surface area contributed by atoms with Gasteiger partial charge in [0.2, 0.25) is 0 Å². The Morgan fingerprint density at radius 3 is 0.859 bits per heavy atom. The minimum atomic E-state index is -1.04. The van der Waals surface area contributed by atoms with Crippen molar-refractivity contribution in [1.29, 1.82) is 0 Å². The predicted octanol–water partition coefficient (Wildman–Crippen LogP) is 10.8. The lowest BCUT2D eigenvalue weighted by molar-refractivity contribution is 0.0625. The summed E-state index contributed by atoms with van der Waals surface area (Å²) in [6.45, 7) is 16.0. The number of hydrogen-bond donors (Lipinski definition) is 3. The molecule has 8 rings (SSSR count). The molecule has 0 atom stereocenters. The summed E-state index contributed by atoms with van der Waals surface area (Å²) in [7, 11) is 0. The second kappa shape index (κ2) is 18.1. The number of aromatic hydroxyl groups is 2. The van der Waals surface area contributed by atoms with Gasteiger partial charge >= 0.3 is 0 Å². The second-order valence-corrected chi connectivity index (χ2v) is 16.5. The van der Waals surface area contributed by atoms with Crippen molar-refractivity contribution < 1.29 is 24.8 Å². The fourth-order valence-corrected chi connectivity index (χ4v) is 7.75. The lowest BCUT2D eigenvalue weighted by Gasteiger charge is -2.16. The van der Waals surface area contributed by atoms with Gasteiger partial charge in [-0.05, 0) is 102 Å². The van der Waals surface area contributed by atoms with E-state index in [9.17, 15) is 15.3 Å². The van der Waals surface area contributed by atoms with E-state index >= 15 is 0 Å². The minimum absolute atomic E-state index is 0.0939. The van der Waals surface area contributed by atoms with Crippen LogP contribution in [0, 0.1) is 55.4 Å². The maximum Gasteiger partial charge on any atom is 0.167 e. The van der Waals surface area contributed by atoms with Gasteiger partial charge in [0.1, 0.15) is 42.3 Å². The maximum absolute atomic E-state index is 11.3. The maximum atomic E-state index is 11.3. The molecule has 0 aliphatic heterocycles. The number of hydrogen-bond acceptors (Lipinski definition) is 11. The van der Waals surface area contributed by atoms with E-state index in [-0.39, 0.29) is 24.7 Å².